The molecule has 2 aliphatic rings. The second-order valence-corrected chi connectivity index (χ2v) is 9.92. The summed E-state index contributed by atoms with van der Waals surface area (Å²) >= 11 is 0. The van der Waals surface area contributed by atoms with Crippen LogP contribution in [0.25, 0.3) is 0 Å². The first kappa shape index (κ1) is 20.9. The van der Waals surface area contributed by atoms with Crippen molar-refractivity contribution in [1.82, 2.24) is 0 Å². The Morgan fingerprint density at radius 3 is 1.70 bits per heavy atom. The molecular formula is C27H44. The molecule has 0 saturated heterocycles. The van der Waals surface area contributed by atoms with Crippen molar-refractivity contribution in [2.45, 2.75) is 110 Å². The summed E-state index contributed by atoms with van der Waals surface area (Å²) in [6.45, 7) is 4.63. The number of benzene rings is 1. The number of hydrogen-bond donors (Lipinski definition) is 0. The highest BCUT2D eigenvalue weighted by atomic mass is 14.3. The largest absolute Gasteiger partial charge is 0.0654 e. The zero-order chi connectivity index (χ0) is 18.9. The van der Waals surface area contributed by atoms with Gasteiger partial charge < -0.3 is 0 Å². The van der Waals surface area contributed by atoms with Crippen LogP contribution in [-0.4, -0.2) is 0 Å². The van der Waals surface area contributed by atoms with Crippen molar-refractivity contribution in [1.29, 1.82) is 0 Å². The fourth-order valence-corrected chi connectivity index (χ4v) is 5.86. The van der Waals surface area contributed by atoms with E-state index in [1.807, 2.05) is 0 Å². The highest BCUT2D eigenvalue weighted by Crippen LogP contribution is 2.39. The van der Waals surface area contributed by atoms with Crippen LogP contribution in [0.5, 0.6) is 0 Å². The van der Waals surface area contributed by atoms with Gasteiger partial charge in [0.1, 0.15) is 0 Å². The van der Waals surface area contributed by atoms with Crippen molar-refractivity contribution >= 4 is 0 Å². The molecule has 27 heavy (non-hydrogen) atoms. The van der Waals surface area contributed by atoms with Crippen LogP contribution in [0.15, 0.2) is 24.3 Å². The van der Waals surface area contributed by atoms with E-state index in [0.717, 1.165) is 23.7 Å². The van der Waals surface area contributed by atoms with Crippen LogP contribution in [0.2, 0.25) is 0 Å². The summed E-state index contributed by atoms with van der Waals surface area (Å²) in [6.07, 6.45) is 21.7. The van der Waals surface area contributed by atoms with Gasteiger partial charge in [0.05, 0.1) is 0 Å². The van der Waals surface area contributed by atoms with E-state index >= 15 is 0 Å². The molecule has 0 bridgehead atoms. The summed E-state index contributed by atoms with van der Waals surface area (Å²) in [5.74, 6) is 4.12. The molecule has 0 radical (unpaired) electrons. The second kappa shape index (κ2) is 11.3. The number of hydrogen-bond acceptors (Lipinski definition) is 0. The van der Waals surface area contributed by atoms with Gasteiger partial charge in [-0.05, 0) is 73.3 Å². The van der Waals surface area contributed by atoms with Gasteiger partial charge in [-0.3, -0.25) is 0 Å². The third kappa shape index (κ3) is 6.95. The molecule has 0 spiro atoms. The Balaban J connectivity index is 1.34. The van der Waals surface area contributed by atoms with E-state index in [-0.39, 0.29) is 0 Å². The maximum Gasteiger partial charge on any atom is -0.0250 e. The lowest BCUT2D eigenvalue weighted by Crippen LogP contribution is -2.21. The van der Waals surface area contributed by atoms with E-state index in [1.165, 1.54) is 95.5 Å². The normalized spacial score (nSPS) is 29.0. The van der Waals surface area contributed by atoms with Crippen molar-refractivity contribution in [3.63, 3.8) is 0 Å². The van der Waals surface area contributed by atoms with E-state index in [2.05, 4.69) is 38.1 Å². The Morgan fingerprint density at radius 1 is 0.630 bits per heavy atom. The molecule has 3 rings (SSSR count). The topological polar surface area (TPSA) is 0 Å². The van der Waals surface area contributed by atoms with Gasteiger partial charge in [-0.1, -0.05) is 95.9 Å². The molecule has 2 fully saturated rings. The van der Waals surface area contributed by atoms with Crippen molar-refractivity contribution in [3.05, 3.63) is 35.4 Å². The minimum absolute atomic E-state index is 0.947. The van der Waals surface area contributed by atoms with Gasteiger partial charge in [0.15, 0.2) is 0 Å². The SMILES string of the molecule is CCCCc1ccc(C[C@H]2CC[C@H](C[C@H]3CC[C@H](CCC)CC3)CC2)cc1. The van der Waals surface area contributed by atoms with Crippen LogP contribution >= 0.6 is 0 Å². The van der Waals surface area contributed by atoms with Crippen LogP contribution in [0.3, 0.4) is 0 Å². The Labute approximate surface area is 169 Å². The van der Waals surface area contributed by atoms with Gasteiger partial charge in [0.2, 0.25) is 0 Å². The highest BCUT2D eigenvalue weighted by molar-refractivity contribution is 5.23. The first-order valence-corrected chi connectivity index (χ1v) is 12.3. The predicted octanol–water partition coefficient (Wildman–Crippen LogP) is 8.37. The first-order valence-electron chi connectivity index (χ1n) is 12.3. The smallest absolute Gasteiger partial charge is 0.0250 e. The molecule has 0 unspecified atom stereocenters. The number of rotatable bonds is 9. The summed E-state index contributed by atoms with van der Waals surface area (Å²) in [7, 11) is 0. The van der Waals surface area contributed by atoms with Crippen LogP contribution in [0.4, 0.5) is 0 Å². The molecule has 1 aromatic rings. The molecule has 0 heterocycles. The van der Waals surface area contributed by atoms with Crippen molar-refractivity contribution < 1.29 is 0 Å². The Morgan fingerprint density at radius 2 is 1.15 bits per heavy atom. The molecule has 2 aliphatic carbocycles. The van der Waals surface area contributed by atoms with Crippen molar-refractivity contribution in [2.75, 3.05) is 0 Å². The summed E-state index contributed by atoms with van der Waals surface area (Å²) in [5.41, 5.74) is 3.10. The molecule has 2 saturated carbocycles. The molecule has 0 amide bonds. The standard InChI is InChI=1S/C27H44/c1-3-5-7-23-10-14-25(15-11-23)21-27-18-16-26(17-19-27)20-24-12-8-22(6-4-2)9-13-24/h10-11,14-15,22,24,26-27H,3-9,12-13,16-21H2,1-2H3/t22-,24-,26-,27-. The first-order chi connectivity index (χ1) is 13.3. The zero-order valence-corrected chi connectivity index (χ0v) is 18.2. The summed E-state index contributed by atoms with van der Waals surface area (Å²) in [5, 5.41) is 0. The number of aryl methyl sites for hydroxylation is 1. The second-order valence-electron chi connectivity index (χ2n) is 9.92. The Kier molecular flexibility index (Phi) is 8.75. The maximum atomic E-state index is 2.41. The summed E-state index contributed by atoms with van der Waals surface area (Å²) < 4.78 is 0. The molecule has 0 N–H and O–H groups in total. The van der Waals surface area contributed by atoms with Crippen molar-refractivity contribution in [3.8, 4) is 0 Å². The number of unbranched alkanes of at least 4 members (excludes halogenated alkanes) is 1. The minimum Gasteiger partial charge on any atom is -0.0654 e. The molecule has 1 aromatic carbocycles. The van der Waals surface area contributed by atoms with E-state index in [0.29, 0.717) is 0 Å². The van der Waals surface area contributed by atoms with E-state index < -0.39 is 0 Å². The molecule has 0 aromatic heterocycles. The molecule has 0 heteroatoms. The molecule has 0 atom stereocenters. The minimum atomic E-state index is 0.947. The fraction of sp³-hybridized carbons (Fsp3) is 0.778. The molecule has 0 aliphatic heterocycles. The van der Waals surface area contributed by atoms with Crippen LogP contribution in [-0.2, 0) is 12.8 Å². The van der Waals surface area contributed by atoms with E-state index in [4.69, 9.17) is 0 Å². The van der Waals surface area contributed by atoms with Crippen LogP contribution < -0.4 is 0 Å². The third-order valence-electron chi connectivity index (χ3n) is 7.66. The van der Waals surface area contributed by atoms with Crippen LogP contribution in [0, 0.1) is 23.7 Å². The lowest BCUT2D eigenvalue weighted by Gasteiger charge is -2.34. The average molecular weight is 369 g/mol. The maximum absolute atomic E-state index is 2.41. The lowest BCUT2D eigenvalue weighted by molar-refractivity contribution is 0.187. The Hall–Kier alpha value is -0.780. The summed E-state index contributed by atoms with van der Waals surface area (Å²) in [6, 6.07) is 9.58. The van der Waals surface area contributed by atoms with Crippen molar-refractivity contribution in [2.24, 2.45) is 23.7 Å². The molecular weight excluding hydrogens is 324 g/mol. The van der Waals surface area contributed by atoms with Gasteiger partial charge in [0.25, 0.3) is 0 Å². The van der Waals surface area contributed by atoms with Gasteiger partial charge in [-0.25, -0.2) is 0 Å². The molecule has 0 nitrogen and oxygen atoms in total. The van der Waals surface area contributed by atoms with Gasteiger partial charge in [-0.15, -0.1) is 0 Å². The van der Waals surface area contributed by atoms with Gasteiger partial charge >= 0.3 is 0 Å². The highest BCUT2D eigenvalue weighted by Gasteiger charge is 2.26. The van der Waals surface area contributed by atoms with E-state index in [9.17, 15) is 0 Å². The zero-order valence-electron chi connectivity index (χ0n) is 18.2. The fourth-order valence-electron chi connectivity index (χ4n) is 5.86. The predicted molar refractivity (Wildman–Crippen MR) is 119 cm³/mol. The van der Waals surface area contributed by atoms with E-state index in [1.54, 1.807) is 12.0 Å². The van der Waals surface area contributed by atoms with Gasteiger partial charge in [0, 0.05) is 0 Å². The lowest BCUT2D eigenvalue weighted by atomic mass is 9.72. The average Bonchev–Trinajstić information content (AvgIpc) is 2.71. The third-order valence-corrected chi connectivity index (χ3v) is 7.66. The molecule has 152 valence electrons. The summed E-state index contributed by atoms with van der Waals surface area (Å²) in [4.78, 5) is 0. The van der Waals surface area contributed by atoms with Crippen LogP contribution in [0.1, 0.15) is 108 Å². The monoisotopic (exact) mass is 368 g/mol. The Bertz CT molecular complexity index is 497. The quantitative estimate of drug-likeness (QED) is 0.410. The van der Waals surface area contributed by atoms with Gasteiger partial charge in [-0.2, -0.15) is 0 Å².